The number of nitrogens with zero attached hydrogens (tertiary/aromatic N) is 2. The Hall–Kier alpha value is -1.80. The number of anilines is 1. The number of carbonyl (C=O) groups is 1. The van der Waals surface area contributed by atoms with E-state index in [2.05, 4.69) is 29.4 Å². The van der Waals surface area contributed by atoms with Gasteiger partial charge in [-0.3, -0.25) is 4.79 Å². The molecule has 23 heavy (non-hydrogen) atoms. The van der Waals surface area contributed by atoms with Gasteiger partial charge in [0.2, 0.25) is 11.0 Å². The van der Waals surface area contributed by atoms with Gasteiger partial charge in [0.25, 0.3) is 0 Å². The Morgan fingerprint density at radius 2 is 2.00 bits per heavy atom. The van der Waals surface area contributed by atoms with Crippen LogP contribution in [0.5, 0.6) is 11.5 Å². The van der Waals surface area contributed by atoms with Crippen molar-refractivity contribution in [3.63, 3.8) is 0 Å². The molecule has 0 bridgehead atoms. The van der Waals surface area contributed by atoms with E-state index >= 15 is 0 Å². The van der Waals surface area contributed by atoms with Crippen molar-refractivity contribution in [1.29, 1.82) is 0 Å². The van der Waals surface area contributed by atoms with Crippen LogP contribution in [0.4, 0.5) is 5.13 Å². The molecule has 0 unspecified atom stereocenters. The Bertz CT molecular complexity index is 674. The number of thioether (sulfide) groups is 1. The average molecular weight is 353 g/mol. The summed E-state index contributed by atoms with van der Waals surface area (Å²) in [5.41, 5.74) is 0.835. The number of rotatable bonds is 7. The van der Waals surface area contributed by atoms with E-state index in [4.69, 9.17) is 9.47 Å². The zero-order chi connectivity index (χ0) is 16.8. The minimum atomic E-state index is -0.144. The molecule has 1 heterocycles. The molecule has 0 aliphatic carbocycles. The lowest BCUT2D eigenvalue weighted by Crippen LogP contribution is -2.14. The largest absolute Gasteiger partial charge is 0.493 e. The molecule has 2 aromatic rings. The summed E-state index contributed by atoms with van der Waals surface area (Å²) in [6.07, 6.45) is 0.229. The highest BCUT2D eigenvalue weighted by Gasteiger charge is 2.12. The molecule has 0 radical (unpaired) electrons. The lowest BCUT2D eigenvalue weighted by atomic mass is 10.1. The molecule has 1 N–H and O–H groups in total. The molecule has 1 aromatic heterocycles. The van der Waals surface area contributed by atoms with Gasteiger partial charge in [-0.25, -0.2) is 0 Å². The second kappa shape index (κ2) is 8.16. The number of amides is 1. The summed E-state index contributed by atoms with van der Waals surface area (Å²) in [4.78, 5) is 12.1. The highest BCUT2D eigenvalue weighted by atomic mass is 32.2. The van der Waals surface area contributed by atoms with E-state index in [9.17, 15) is 4.79 Å². The van der Waals surface area contributed by atoms with Crippen molar-refractivity contribution < 1.29 is 14.3 Å². The van der Waals surface area contributed by atoms with Crippen LogP contribution in [0.3, 0.4) is 0 Å². The summed E-state index contributed by atoms with van der Waals surface area (Å²) in [6.45, 7) is 4.17. The van der Waals surface area contributed by atoms with Gasteiger partial charge in [0.15, 0.2) is 15.8 Å². The maximum atomic E-state index is 12.1. The predicted molar refractivity (Wildman–Crippen MR) is 92.8 cm³/mol. The van der Waals surface area contributed by atoms with E-state index in [1.54, 1.807) is 38.1 Å². The summed E-state index contributed by atoms with van der Waals surface area (Å²) < 4.78 is 11.3. The summed E-state index contributed by atoms with van der Waals surface area (Å²) >= 11 is 3.00. The molecule has 0 fully saturated rings. The third-order valence-electron chi connectivity index (χ3n) is 2.80. The number of carbonyl (C=O) groups excluding carboxylic acids is 1. The lowest BCUT2D eigenvalue weighted by molar-refractivity contribution is -0.115. The first-order chi connectivity index (χ1) is 11.0. The van der Waals surface area contributed by atoms with Crippen molar-refractivity contribution in [2.24, 2.45) is 0 Å². The van der Waals surface area contributed by atoms with E-state index in [0.29, 0.717) is 21.9 Å². The number of hydrogen-bond acceptors (Lipinski definition) is 7. The molecule has 124 valence electrons. The summed E-state index contributed by atoms with van der Waals surface area (Å²) in [5.74, 6) is 1.09. The molecule has 1 amide bonds. The van der Waals surface area contributed by atoms with Crippen molar-refractivity contribution in [2.75, 3.05) is 19.5 Å². The zero-order valence-corrected chi connectivity index (χ0v) is 15.1. The molecule has 2 rings (SSSR count). The minimum Gasteiger partial charge on any atom is -0.493 e. The summed E-state index contributed by atoms with van der Waals surface area (Å²) in [5, 5.41) is 11.7. The number of nitrogens with one attached hydrogen (secondary N) is 1. The fraction of sp³-hybridized carbons (Fsp3) is 0.400. The number of hydrogen-bond donors (Lipinski definition) is 1. The molecular weight excluding hydrogens is 334 g/mol. The van der Waals surface area contributed by atoms with Crippen molar-refractivity contribution in [2.45, 2.75) is 29.9 Å². The monoisotopic (exact) mass is 353 g/mol. The van der Waals surface area contributed by atoms with Crippen molar-refractivity contribution in [1.82, 2.24) is 10.2 Å². The number of aromatic nitrogens is 2. The Labute approximate surface area is 143 Å². The Balaban J connectivity index is 1.98. The summed E-state index contributed by atoms with van der Waals surface area (Å²) in [6, 6.07) is 5.41. The van der Waals surface area contributed by atoms with Crippen LogP contribution in [0, 0.1) is 0 Å². The third-order valence-corrected chi connectivity index (χ3v) is 4.73. The van der Waals surface area contributed by atoms with Gasteiger partial charge in [-0.15, -0.1) is 10.2 Å². The van der Waals surface area contributed by atoms with Gasteiger partial charge < -0.3 is 14.8 Å². The van der Waals surface area contributed by atoms with Crippen LogP contribution >= 0.6 is 23.1 Å². The topological polar surface area (TPSA) is 73.3 Å². The van der Waals surface area contributed by atoms with Crippen molar-refractivity contribution in [3.05, 3.63) is 23.8 Å². The second-order valence-electron chi connectivity index (χ2n) is 4.95. The molecule has 0 atom stereocenters. The molecule has 0 spiro atoms. The van der Waals surface area contributed by atoms with E-state index in [1.807, 2.05) is 6.07 Å². The van der Waals surface area contributed by atoms with Gasteiger partial charge in [0.1, 0.15) is 0 Å². The maximum Gasteiger partial charge on any atom is 0.230 e. The standard InChI is InChI=1S/C15H19N3O3S2/c1-9(2)22-15-18-17-14(23-15)16-13(19)8-10-5-6-11(20-3)12(7-10)21-4/h5-7,9H,8H2,1-4H3,(H,16,17,19). The van der Waals surface area contributed by atoms with E-state index < -0.39 is 0 Å². The first-order valence-corrected chi connectivity index (χ1v) is 8.72. The van der Waals surface area contributed by atoms with Crippen LogP contribution in [0.15, 0.2) is 22.5 Å². The van der Waals surface area contributed by atoms with Gasteiger partial charge in [0, 0.05) is 5.25 Å². The van der Waals surface area contributed by atoms with Crippen LogP contribution in [-0.4, -0.2) is 35.6 Å². The quantitative estimate of drug-likeness (QED) is 0.608. The molecule has 6 nitrogen and oxygen atoms in total. The van der Waals surface area contributed by atoms with E-state index in [1.165, 1.54) is 11.3 Å². The fourth-order valence-electron chi connectivity index (χ4n) is 1.85. The number of ether oxygens (including phenoxy) is 2. The predicted octanol–water partition coefficient (Wildman–Crippen LogP) is 3.24. The normalized spacial score (nSPS) is 10.7. The second-order valence-corrected chi connectivity index (χ2v) is 7.76. The van der Waals surface area contributed by atoms with Crippen LogP contribution in [0.25, 0.3) is 0 Å². The molecule has 1 aromatic carbocycles. The molecule has 8 heteroatoms. The van der Waals surface area contributed by atoms with E-state index in [-0.39, 0.29) is 12.3 Å². The molecule has 0 saturated carbocycles. The van der Waals surface area contributed by atoms with Crippen LogP contribution in [0.2, 0.25) is 0 Å². The van der Waals surface area contributed by atoms with Gasteiger partial charge in [-0.2, -0.15) is 0 Å². The molecule has 0 aliphatic heterocycles. The Kier molecular flexibility index (Phi) is 6.23. The number of methoxy groups -OCH3 is 2. The van der Waals surface area contributed by atoms with Gasteiger partial charge in [-0.05, 0) is 17.7 Å². The minimum absolute atomic E-state index is 0.144. The summed E-state index contributed by atoms with van der Waals surface area (Å²) in [7, 11) is 3.14. The molecular formula is C15H19N3O3S2. The first-order valence-electron chi connectivity index (χ1n) is 7.02. The van der Waals surface area contributed by atoms with Gasteiger partial charge in [-0.1, -0.05) is 43.0 Å². The highest BCUT2D eigenvalue weighted by Crippen LogP contribution is 2.29. The van der Waals surface area contributed by atoms with Crippen molar-refractivity contribution in [3.8, 4) is 11.5 Å². The van der Waals surface area contributed by atoms with Crippen LogP contribution in [0.1, 0.15) is 19.4 Å². The average Bonchev–Trinajstić information content (AvgIpc) is 2.93. The first kappa shape index (κ1) is 17.6. The Morgan fingerprint density at radius 1 is 1.26 bits per heavy atom. The van der Waals surface area contributed by atoms with Crippen LogP contribution < -0.4 is 14.8 Å². The zero-order valence-electron chi connectivity index (χ0n) is 13.5. The highest BCUT2D eigenvalue weighted by molar-refractivity contribution is 8.01. The third kappa shape index (κ3) is 5.11. The van der Waals surface area contributed by atoms with Crippen molar-refractivity contribution >= 4 is 34.1 Å². The number of benzene rings is 1. The molecule has 0 aliphatic rings. The van der Waals surface area contributed by atoms with E-state index in [0.717, 1.165) is 9.90 Å². The molecule has 0 saturated heterocycles. The lowest BCUT2D eigenvalue weighted by Gasteiger charge is -2.09. The van der Waals surface area contributed by atoms with Crippen LogP contribution in [-0.2, 0) is 11.2 Å². The Morgan fingerprint density at radius 3 is 2.65 bits per heavy atom. The SMILES string of the molecule is COc1ccc(CC(=O)Nc2nnc(SC(C)C)s2)cc1OC. The maximum absolute atomic E-state index is 12.1. The fourth-order valence-corrected chi connectivity index (χ4v) is 3.84. The van der Waals surface area contributed by atoms with Gasteiger partial charge >= 0.3 is 0 Å². The smallest absolute Gasteiger partial charge is 0.230 e. The van der Waals surface area contributed by atoms with Gasteiger partial charge in [0.05, 0.1) is 20.6 Å².